The van der Waals surface area contributed by atoms with E-state index < -0.39 is 5.97 Å². The maximum atomic E-state index is 11.7. The molecule has 2 fully saturated rings. The second-order valence-electron chi connectivity index (χ2n) is 7.06. The quantitative estimate of drug-likeness (QED) is 0.663. The lowest BCUT2D eigenvalue weighted by atomic mass is 9.64. The molecule has 19 heavy (non-hydrogen) atoms. The summed E-state index contributed by atoms with van der Waals surface area (Å²) < 4.78 is 5.44. The van der Waals surface area contributed by atoms with Crippen molar-refractivity contribution in [2.75, 3.05) is 0 Å². The fraction of sp³-hybridized carbons (Fsp3) is 0.733. The summed E-state index contributed by atoms with van der Waals surface area (Å²) in [7, 11) is 0. The van der Waals surface area contributed by atoms with Crippen molar-refractivity contribution in [1.82, 2.24) is 0 Å². The minimum absolute atomic E-state index is 0.162. The van der Waals surface area contributed by atoms with Crippen molar-refractivity contribution in [3.63, 3.8) is 0 Å². The number of carbonyl (C=O) groups excluding carboxylic acids is 2. The first kappa shape index (κ1) is 12.7. The maximum Gasteiger partial charge on any atom is 0.306 e. The van der Waals surface area contributed by atoms with E-state index in [4.69, 9.17) is 4.74 Å². The van der Waals surface area contributed by atoms with Crippen LogP contribution >= 0.6 is 0 Å². The molecule has 1 heterocycles. The van der Waals surface area contributed by atoms with Crippen molar-refractivity contribution in [1.29, 1.82) is 0 Å². The topological polar surface area (TPSA) is 66.4 Å². The highest BCUT2D eigenvalue weighted by Gasteiger charge is 2.63. The van der Waals surface area contributed by atoms with Crippen molar-refractivity contribution in [2.45, 2.75) is 46.1 Å². The van der Waals surface area contributed by atoms with E-state index in [9.17, 15) is 14.7 Å². The van der Waals surface area contributed by atoms with Crippen LogP contribution in [0.25, 0.3) is 0 Å². The van der Waals surface area contributed by atoms with E-state index in [-0.39, 0.29) is 41.2 Å². The Kier molecular flexibility index (Phi) is 2.42. The molecule has 1 aliphatic heterocycles. The highest BCUT2D eigenvalue weighted by Crippen LogP contribution is 2.66. The number of carboxylic acid groups (broad SMARTS) is 1. The number of aliphatic carboxylic acids is 1. The van der Waals surface area contributed by atoms with Crippen molar-refractivity contribution >= 4 is 11.9 Å². The van der Waals surface area contributed by atoms with Crippen LogP contribution in [0, 0.1) is 22.7 Å². The molecule has 0 aromatic carbocycles. The number of cyclic esters (lactones) is 1. The summed E-state index contributed by atoms with van der Waals surface area (Å²) in [4.78, 5) is 23.0. The van der Waals surface area contributed by atoms with Gasteiger partial charge in [-0.25, -0.2) is 0 Å². The standard InChI is InChI=1S/C15H20O4/c1-8-15-7-14(2,3)6-9(15)4-10(13(17)18)11(15)5-12(16)19-8/h4,8-9,11H,5-7H2,1-3H3,(H,17,18)/p-1/t8-,9?,11-,15+/m0/s1. The molecule has 1 unspecified atom stereocenters. The third kappa shape index (κ3) is 1.58. The molecule has 3 aliphatic rings. The number of hydrogen-bond donors (Lipinski definition) is 0. The monoisotopic (exact) mass is 263 g/mol. The SMILES string of the molecule is C[C@@H]1OC(=O)C[C@H]2C(C(=O)[O-])=CC3CC(C)(C)C[C@]312. The van der Waals surface area contributed by atoms with E-state index in [2.05, 4.69) is 13.8 Å². The highest BCUT2D eigenvalue weighted by atomic mass is 16.5. The van der Waals surface area contributed by atoms with Crippen LogP contribution < -0.4 is 5.11 Å². The molecule has 1 spiro atoms. The summed E-state index contributed by atoms with van der Waals surface area (Å²) >= 11 is 0. The van der Waals surface area contributed by atoms with Crippen LogP contribution in [-0.4, -0.2) is 18.0 Å². The van der Waals surface area contributed by atoms with E-state index in [1.54, 1.807) is 0 Å². The van der Waals surface area contributed by atoms with Gasteiger partial charge in [0.25, 0.3) is 0 Å². The van der Waals surface area contributed by atoms with Gasteiger partial charge >= 0.3 is 5.97 Å². The second kappa shape index (κ2) is 3.62. The zero-order valence-electron chi connectivity index (χ0n) is 11.6. The molecular weight excluding hydrogens is 244 g/mol. The summed E-state index contributed by atoms with van der Waals surface area (Å²) in [6, 6.07) is 0. The molecule has 1 saturated heterocycles. The van der Waals surface area contributed by atoms with Gasteiger partial charge in [0.05, 0.1) is 12.4 Å². The van der Waals surface area contributed by atoms with Gasteiger partial charge in [0, 0.05) is 11.3 Å². The third-order valence-electron chi connectivity index (χ3n) is 5.32. The van der Waals surface area contributed by atoms with Crippen molar-refractivity contribution in [2.24, 2.45) is 22.7 Å². The van der Waals surface area contributed by atoms with Crippen LogP contribution in [0.1, 0.15) is 40.0 Å². The number of ether oxygens (including phenoxy) is 1. The number of esters is 1. The van der Waals surface area contributed by atoms with Gasteiger partial charge in [0.1, 0.15) is 6.10 Å². The highest BCUT2D eigenvalue weighted by molar-refractivity contribution is 5.88. The molecule has 104 valence electrons. The van der Waals surface area contributed by atoms with Gasteiger partial charge in [0.2, 0.25) is 0 Å². The zero-order chi connectivity index (χ0) is 14.0. The Bertz CT molecular complexity index is 490. The Morgan fingerprint density at radius 3 is 2.79 bits per heavy atom. The molecule has 0 bridgehead atoms. The summed E-state index contributed by atoms with van der Waals surface area (Å²) in [5.74, 6) is -1.47. The predicted octanol–water partition coefficient (Wildman–Crippen LogP) is 1.05. The van der Waals surface area contributed by atoms with E-state index >= 15 is 0 Å². The number of hydrogen-bond acceptors (Lipinski definition) is 4. The van der Waals surface area contributed by atoms with Gasteiger partial charge in [-0.2, -0.15) is 0 Å². The largest absolute Gasteiger partial charge is 0.545 e. The molecule has 0 aromatic heterocycles. The lowest BCUT2D eigenvalue weighted by molar-refractivity contribution is -0.300. The normalized spacial score (nSPS) is 43.2. The Balaban J connectivity index is 2.08. The Morgan fingerprint density at radius 2 is 2.16 bits per heavy atom. The smallest absolute Gasteiger partial charge is 0.306 e. The van der Waals surface area contributed by atoms with Gasteiger partial charge in [-0.05, 0) is 36.7 Å². The molecule has 0 radical (unpaired) electrons. The molecule has 4 nitrogen and oxygen atoms in total. The maximum absolute atomic E-state index is 11.7. The first-order valence-electron chi connectivity index (χ1n) is 6.89. The first-order chi connectivity index (χ1) is 8.76. The van der Waals surface area contributed by atoms with Gasteiger partial charge in [-0.1, -0.05) is 19.9 Å². The molecular formula is C15H19O4-. The van der Waals surface area contributed by atoms with E-state index in [0.717, 1.165) is 12.8 Å². The minimum atomic E-state index is -1.13. The average molecular weight is 263 g/mol. The number of carboxylic acids is 1. The fourth-order valence-corrected chi connectivity index (χ4v) is 4.80. The summed E-state index contributed by atoms with van der Waals surface area (Å²) in [5, 5.41) is 11.3. The van der Waals surface area contributed by atoms with E-state index in [1.165, 1.54) is 0 Å². The van der Waals surface area contributed by atoms with Crippen LogP contribution in [0.15, 0.2) is 11.6 Å². The van der Waals surface area contributed by atoms with Crippen LogP contribution in [0.4, 0.5) is 0 Å². The van der Waals surface area contributed by atoms with Gasteiger partial charge in [-0.15, -0.1) is 0 Å². The second-order valence-corrected chi connectivity index (χ2v) is 7.06. The van der Waals surface area contributed by atoms with E-state index in [1.807, 2.05) is 13.0 Å². The minimum Gasteiger partial charge on any atom is -0.545 e. The summed E-state index contributed by atoms with van der Waals surface area (Å²) in [6.45, 7) is 6.31. The summed E-state index contributed by atoms with van der Waals surface area (Å²) in [5.41, 5.74) is 0.255. The van der Waals surface area contributed by atoms with Crippen molar-refractivity contribution in [3.05, 3.63) is 11.6 Å². The van der Waals surface area contributed by atoms with Crippen molar-refractivity contribution < 1.29 is 19.4 Å². The molecule has 0 N–H and O–H groups in total. The predicted molar refractivity (Wildman–Crippen MR) is 65.7 cm³/mol. The molecule has 4 atom stereocenters. The van der Waals surface area contributed by atoms with Gasteiger partial charge in [-0.3, -0.25) is 4.79 Å². The Morgan fingerprint density at radius 1 is 1.47 bits per heavy atom. The van der Waals surface area contributed by atoms with Crippen LogP contribution in [-0.2, 0) is 14.3 Å². The Labute approximate surface area is 112 Å². The molecule has 1 saturated carbocycles. The lowest BCUT2D eigenvalue weighted by Crippen LogP contribution is -2.49. The number of allylic oxidation sites excluding steroid dienone is 1. The molecule has 2 aliphatic carbocycles. The van der Waals surface area contributed by atoms with Gasteiger partial charge < -0.3 is 14.6 Å². The third-order valence-corrected chi connectivity index (χ3v) is 5.32. The molecule has 0 aromatic rings. The Hall–Kier alpha value is -1.32. The average Bonchev–Trinajstić information content (AvgIpc) is 2.68. The molecule has 3 rings (SSSR count). The van der Waals surface area contributed by atoms with Crippen LogP contribution in [0.3, 0.4) is 0 Å². The molecule has 4 heteroatoms. The van der Waals surface area contributed by atoms with Crippen LogP contribution in [0.2, 0.25) is 0 Å². The first-order valence-corrected chi connectivity index (χ1v) is 6.89. The lowest BCUT2D eigenvalue weighted by Gasteiger charge is -2.46. The fourth-order valence-electron chi connectivity index (χ4n) is 4.80. The zero-order valence-corrected chi connectivity index (χ0v) is 11.6. The van der Waals surface area contributed by atoms with Crippen LogP contribution in [0.5, 0.6) is 0 Å². The summed E-state index contributed by atoms with van der Waals surface area (Å²) in [6.07, 6.45) is 3.64. The van der Waals surface area contributed by atoms with Gasteiger partial charge in [0.15, 0.2) is 0 Å². The van der Waals surface area contributed by atoms with E-state index in [0.29, 0.717) is 5.57 Å². The molecule has 0 amide bonds. The number of carbonyl (C=O) groups is 2. The van der Waals surface area contributed by atoms with Crippen molar-refractivity contribution in [3.8, 4) is 0 Å². The number of rotatable bonds is 1.